The van der Waals surface area contributed by atoms with E-state index in [0.717, 1.165) is 19.0 Å². The topological polar surface area (TPSA) is 29.0 Å². The van der Waals surface area contributed by atoms with Crippen molar-refractivity contribution < 1.29 is 0 Å². The Morgan fingerprint density at radius 1 is 0.923 bits per heavy atom. The smallest absolute Gasteiger partial charge is 0.225 e. The number of rotatable bonds is 1. The second-order valence-corrected chi connectivity index (χ2v) is 3.45. The van der Waals surface area contributed by atoms with Crippen molar-refractivity contribution in [1.82, 2.24) is 9.97 Å². The molecule has 0 bridgehead atoms. The zero-order valence-electron chi connectivity index (χ0n) is 7.82. The average Bonchev–Trinajstić information content (AvgIpc) is 2.47. The van der Waals surface area contributed by atoms with Gasteiger partial charge in [-0.2, -0.15) is 0 Å². The van der Waals surface area contributed by atoms with E-state index in [0.29, 0.717) is 0 Å². The molecule has 2 rings (SSSR count). The number of nitrogens with zero attached hydrogens (tertiary/aromatic N) is 3. The van der Waals surface area contributed by atoms with E-state index < -0.39 is 0 Å². The van der Waals surface area contributed by atoms with Gasteiger partial charge >= 0.3 is 0 Å². The SMILES string of the molecule is c1cnc(N2CCCCCC2)nc1. The summed E-state index contributed by atoms with van der Waals surface area (Å²) in [6, 6.07) is 1.86. The predicted octanol–water partition coefficient (Wildman–Crippen LogP) is 1.86. The average molecular weight is 177 g/mol. The minimum Gasteiger partial charge on any atom is -0.341 e. The number of hydrogen-bond donors (Lipinski definition) is 0. The van der Waals surface area contributed by atoms with E-state index in [1.807, 2.05) is 18.5 Å². The monoisotopic (exact) mass is 177 g/mol. The van der Waals surface area contributed by atoms with Gasteiger partial charge in [0.1, 0.15) is 0 Å². The zero-order chi connectivity index (χ0) is 8.93. The van der Waals surface area contributed by atoms with Gasteiger partial charge in [-0.05, 0) is 18.9 Å². The van der Waals surface area contributed by atoms with Crippen molar-refractivity contribution in [2.45, 2.75) is 25.7 Å². The van der Waals surface area contributed by atoms with Gasteiger partial charge in [0, 0.05) is 25.5 Å². The van der Waals surface area contributed by atoms with Gasteiger partial charge < -0.3 is 4.90 Å². The van der Waals surface area contributed by atoms with Gasteiger partial charge in [-0.15, -0.1) is 0 Å². The van der Waals surface area contributed by atoms with Crippen LogP contribution < -0.4 is 4.90 Å². The van der Waals surface area contributed by atoms with Gasteiger partial charge in [0.2, 0.25) is 5.95 Å². The van der Waals surface area contributed by atoms with E-state index in [4.69, 9.17) is 0 Å². The first-order valence-corrected chi connectivity index (χ1v) is 4.99. The lowest BCUT2D eigenvalue weighted by Gasteiger charge is -2.19. The molecule has 0 amide bonds. The summed E-state index contributed by atoms with van der Waals surface area (Å²) in [4.78, 5) is 10.8. The lowest BCUT2D eigenvalue weighted by molar-refractivity contribution is 0.726. The molecular weight excluding hydrogens is 162 g/mol. The number of aromatic nitrogens is 2. The van der Waals surface area contributed by atoms with Gasteiger partial charge in [-0.1, -0.05) is 12.8 Å². The van der Waals surface area contributed by atoms with E-state index in [1.165, 1.54) is 25.7 Å². The van der Waals surface area contributed by atoms with Crippen LogP contribution in [0, 0.1) is 0 Å². The minimum absolute atomic E-state index is 0.893. The van der Waals surface area contributed by atoms with Crippen molar-refractivity contribution >= 4 is 5.95 Å². The highest BCUT2D eigenvalue weighted by atomic mass is 15.2. The Bertz CT molecular complexity index is 240. The molecule has 0 atom stereocenters. The lowest BCUT2D eigenvalue weighted by atomic mass is 10.2. The fourth-order valence-electron chi connectivity index (χ4n) is 1.73. The highest BCUT2D eigenvalue weighted by molar-refractivity contribution is 5.28. The minimum atomic E-state index is 0.893. The van der Waals surface area contributed by atoms with E-state index >= 15 is 0 Å². The fourth-order valence-corrected chi connectivity index (χ4v) is 1.73. The molecule has 0 aromatic carbocycles. The first-order chi connectivity index (χ1) is 6.47. The van der Waals surface area contributed by atoms with Crippen molar-refractivity contribution in [2.24, 2.45) is 0 Å². The molecule has 1 aromatic rings. The fraction of sp³-hybridized carbons (Fsp3) is 0.600. The standard InChI is InChI=1S/C10H15N3/c1-2-4-9-13(8-3-1)10-11-6-5-7-12-10/h5-7H,1-4,8-9H2. The van der Waals surface area contributed by atoms with Crippen molar-refractivity contribution in [2.75, 3.05) is 18.0 Å². The van der Waals surface area contributed by atoms with Gasteiger partial charge in [0.25, 0.3) is 0 Å². The van der Waals surface area contributed by atoms with Crippen molar-refractivity contribution in [3.05, 3.63) is 18.5 Å². The van der Waals surface area contributed by atoms with Gasteiger partial charge in [0.15, 0.2) is 0 Å². The molecule has 3 nitrogen and oxygen atoms in total. The summed E-state index contributed by atoms with van der Waals surface area (Å²) in [5, 5.41) is 0. The molecule has 1 fully saturated rings. The molecule has 1 aliphatic rings. The van der Waals surface area contributed by atoms with Crippen molar-refractivity contribution in [3.63, 3.8) is 0 Å². The number of hydrogen-bond acceptors (Lipinski definition) is 3. The van der Waals surface area contributed by atoms with Crippen molar-refractivity contribution in [1.29, 1.82) is 0 Å². The third kappa shape index (κ3) is 2.17. The first-order valence-electron chi connectivity index (χ1n) is 4.99. The molecule has 0 aliphatic carbocycles. The Labute approximate surface area is 78.8 Å². The van der Waals surface area contributed by atoms with Crippen molar-refractivity contribution in [3.8, 4) is 0 Å². The van der Waals surface area contributed by atoms with E-state index in [1.54, 1.807) is 0 Å². The largest absolute Gasteiger partial charge is 0.341 e. The van der Waals surface area contributed by atoms with E-state index in [2.05, 4.69) is 14.9 Å². The molecule has 1 aliphatic heterocycles. The van der Waals surface area contributed by atoms with Crippen LogP contribution in [0.5, 0.6) is 0 Å². The molecular formula is C10H15N3. The molecule has 13 heavy (non-hydrogen) atoms. The molecule has 2 heterocycles. The van der Waals surface area contributed by atoms with E-state index in [9.17, 15) is 0 Å². The maximum atomic E-state index is 4.26. The third-order valence-corrected chi connectivity index (χ3v) is 2.44. The predicted molar refractivity (Wildman–Crippen MR) is 52.7 cm³/mol. The third-order valence-electron chi connectivity index (χ3n) is 2.44. The zero-order valence-corrected chi connectivity index (χ0v) is 7.82. The van der Waals surface area contributed by atoms with Crippen LogP contribution in [0.15, 0.2) is 18.5 Å². The Morgan fingerprint density at radius 3 is 2.15 bits per heavy atom. The van der Waals surface area contributed by atoms with Gasteiger partial charge in [-0.25, -0.2) is 9.97 Å². The second kappa shape index (κ2) is 4.21. The van der Waals surface area contributed by atoms with Crippen LogP contribution in [0.3, 0.4) is 0 Å². The van der Waals surface area contributed by atoms with E-state index in [-0.39, 0.29) is 0 Å². The molecule has 1 aromatic heterocycles. The number of anilines is 1. The summed E-state index contributed by atoms with van der Waals surface area (Å²) in [7, 11) is 0. The van der Waals surface area contributed by atoms with Crippen LogP contribution in [-0.2, 0) is 0 Å². The molecule has 3 heteroatoms. The maximum Gasteiger partial charge on any atom is 0.225 e. The maximum absolute atomic E-state index is 4.26. The Hall–Kier alpha value is -1.12. The lowest BCUT2D eigenvalue weighted by Crippen LogP contribution is -2.25. The first kappa shape index (κ1) is 8.48. The second-order valence-electron chi connectivity index (χ2n) is 3.45. The van der Waals surface area contributed by atoms with Crippen LogP contribution in [0.1, 0.15) is 25.7 Å². The Kier molecular flexibility index (Phi) is 2.75. The van der Waals surface area contributed by atoms with Crippen LogP contribution in [0.25, 0.3) is 0 Å². The molecule has 0 unspecified atom stereocenters. The normalized spacial score (nSPS) is 18.3. The molecule has 1 saturated heterocycles. The highest BCUT2D eigenvalue weighted by Crippen LogP contribution is 2.13. The summed E-state index contributed by atoms with van der Waals surface area (Å²) in [5.41, 5.74) is 0. The van der Waals surface area contributed by atoms with Gasteiger partial charge in [0.05, 0.1) is 0 Å². The summed E-state index contributed by atoms with van der Waals surface area (Å²) >= 11 is 0. The van der Waals surface area contributed by atoms with Crippen LogP contribution >= 0.6 is 0 Å². The molecule has 0 radical (unpaired) electrons. The van der Waals surface area contributed by atoms with Crippen LogP contribution in [0.4, 0.5) is 5.95 Å². The Balaban J connectivity index is 2.06. The van der Waals surface area contributed by atoms with Gasteiger partial charge in [-0.3, -0.25) is 0 Å². The molecule has 0 N–H and O–H groups in total. The summed E-state index contributed by atoms with van der Waals surface area (Å²) < 4.78 is 0. The summed E-state index contributed by atoms with van der Waals surface area (Å²) in [6.45, 7) is 2.23. The highest BCUT2D eigenvalue weighted by Gasteiger charge is 2.10. The molecule has 70 valence electrons. The van der Waals surface area contributed by atoms with Crippen LogP contribution in [-0.4, -0.2) is 23.1 Å². The molecule has 0 spiro atoms. The molecule has 0 saturated carbocycles. The van der Waals surface area contributed by atoms with Crippen LogP contribution in [0.2, 0.25) is 0 Å². The summed E-state index contributed by atoms with van der Waals surface area (Å²) in [6.07, 6.45) is 8.88. The Morgan fingerprint density at radius 2 is 1.54 bits per heavy atom. The summed E-state index contributed by atoms with van der Waals surface area (Å²) in [5.74, 6) is 0.893. The quantitative estimate of drug-likeness (QED) is 0.655.